The van der Waals surface area contributed by atoms with Gasteiger partial charge >= 0.3 is 12.3 Å². The smallest absolute Gasteiger partial charge is 0.408 e. The Morgan fingerprint density at radius 1 is 1.36 bits per heavy atom. The predicted molar refractivity (Wildman–Crippen MR) is 85.7 cm³/mol. The van der Waals surface area contributed by atoms with Crippen molar-refractivity contribution in [3.05, 3.63) is 39.8 Å². The SMILES string of the molecule is CC(C)(C)OC(=O)N[C@@H](Cc1ccc(Br)cc1)C(=O)C=[N+]=[N-]. The summed E-state index contributed by atoms with van der Waals surface area (Å²) in [7, 11) is 0. The molecule has 0 spiro atoms. The molecule has 6 nitrogen and oxygen atoms in total. The first-order valence-electron chi connectivity index (χ1n) is 6.66. The Morgan fingerprint density at radius 2 is 1.95 bits per heavy atom. The molecule has 0 saturated carbocycles. The normalized spacial score (nSPS) is 12.0. The average molecular weight is 368 g/mol. The van der Waals surface area contributed by atoms with Crippen molar-refractivity contribution in [3.63, 3.8) is 0 Å². The van der Waals surface area contributed by atoms with Crippen LogP contribution >= 0.6 is 15.9 Å². The number of Topliss-reactive ketones (excluding diaryl/α,β-unsaturated/α-hetero) is 1. The molecule has 1 rings (SSSR count). The third-order valence-electron chi connectivity index (χ3n) is 2.57. The number of halogens is 1. The zero-order chi connectivity index (χ0) is 16.8. The van der Waals surface area contributed by atoms with Crippen molar-refractivity contribution in [3.8, 4) is 0 Å². The second-order valence-corrected chi connectivity index (χ2v) is 6.59. The summed E-state index contributed by atoms with van der Waals surface area (Å²) in [6, 6.07) is 6.47. The lowest BCUT2D eigenvalue weighted by Gasteiger charge is -2.22. The largest absolute Gasteiger partial charge is 0.444 e. The molecule has 0 radical (unpaired) electrons. The van der Waals surface area contributed by atoms with Crippen LogP contribution in [0.4, 0.5) is 4.79 Å². The summed E-state index contributed by atoms with van der Waals surface area (Å²) in [6.07, 6.45) is 0.326. The number of alkyl carbamates (subject to hydrolysis) is 1. The molecule has 1 aromatic carbocycles. The molecule has 118 valence electrons. The van der Waals surface area contributed by atoms with E-state index in [2.05, 4.69) is 26.0 Å². The van der Waals surface area contributed by atoms with Crippen molar-refractivity contribution in [2.24, 2.45) is 0 Å². The Bertz CT molecular complexity index is 587. The van der Waals surface area contributed by atoms with E-state index >= 15 is 0 Å². The second-order valence-electron chi connectivity index (χ2n) is 5.68. The van der Waals surface area contributed by atoms with Gasteiger partial charge in [0.2, 0.25) is 0 Å². The van der Waals surface area contributed by atoms with E-state index in [1.807, 2.05) is 24.3 Å². The van der Waals surface area contributed by atoms with Crippen molar-refractivity contribution in [1.82, 2.24) is 5.32 Å². The molecule has 0 bridgehead atoms. The summed E-state index contributed by atoms with van der Waals surface area (Å²) in [5, 5.41) is 2.50. The number of nitrogens with one attached hydrogen (secondary N) is 1. The minimum Gasteiger partial charge on any atom is -0.444 e. The molecular weight excluding hydrogens is 350 g/mol. The van der Waals surface area contributed by atoms with Crippen LogP contribution in [0.5, 0.6) is 0 Å². The highest BCUT2D eigenvalue weighted by Gasteiger charge is 2.25. The molecule has 0 heterocycles. The molecule has 1 aromatic rings. The molecule has 0 aliphatic rings. The molecule has 7 heteroatoms. The first-order valence-corrected chi connectivity index (χ1v) is 7.46. The van der Waals surface area contributed by atoms with E-state index in [-0.39, 0.29) is 6.42 Å². The lowest BCUT2D eigenvalue weighted by Crippen LogP contribution is -2.45. The highest BCUT2D eigenvalue weighted by molar-refractivity contribution is 9.10. The van der Waals surface area contributed by atoms with E-state index in [0.717, 1.165) is 16.3 Å². The van der Waals surface area contributed by atoms with E-state index in [9.17, 15) is 9.59 Å². The second kappa shape index (κ2) is 7.87. The predicted octanol–water partition coefficient (Wildman–Crippen LogP) is 2.75. The molecule has 0 saturated heterocycles. The van der Waals surface area contributed by atoms with E-state index in [4.69, 9.17) is 10.3 Å². The topological polar surface area (TPSA) is 91.8 Å². The van der Waals surface area contributed by atoms with Gasteiger partial charge in [-0.15, -0.1) is 0 Å². The van der Waals surface area contributed by atoms with Gasteiger partial charge in [0, 0.05) is 10.9 Å². The van der Waals surface area contributed by atoms with Crippen LogP contribution in [0.1, 0.15) is 26.3 Å². The van der Waals surface area contributed by atoms with Crippen molar-refractivity contribution >= 4 is 34.0 Å². The summed E-state index contributed by atoms with van der Waals surface area (Å²) >= 11 is 3.33. The van der Waals surface area contributed by atoms with Gasteiger partial charge in [-0.3, -0.25) is 4.79 Å². The summed E-state index contributed by atoms with van der Waals surface area (Å²) < 4.78 is 6.05. The Balaban J connectivity index is 2.84. The maximum atomic E-state index is 11.9. The van der Waals surface area contributed by atoms with Gasteiger partial charge in [-0.25, -0.2) is 4.79 Å². The molecule has 22 heavy (non-hydrogen) atoms. The number of carbonyl (C=O) groups is 2. The lowest BCUT2D eigenvalue weighted by molar-refractivity contribution is -0.118. The van der Waals surface area contributed by atoms with Crippen molar-refractivity contribution in [2.45, 2.75) is 38.8 Å². The van der Waals surface area contributed by atoms with Crippen LogP contribution in [0.25, 0.3) is 5.53 Å². The fraction of sp³-hybridized carbons (Fsp3) is 0.400. The third-order valence-corrected chi connectivity index (χ3v) is 3.10. The maximum Gasteiger partial charge on any atom is 0.408 e. The number of benzene rings is 1. The number of amides is 1. The minimum absolute atomic E-state index is 0.261. The Morgan fingerprint density at radius 3 is 2.45 bits per heavy atom. The van der Waals surface area contributed by atoms with Crippen LogP contribution < -0.4 is 5.32 Å². The maximum absolute atomic E-state index is 11.9. The lowest BCUT2D eigenvalue weighted by atomic mass is 10.0. The van der Waals surface area contributed by atoms with E-state index < -0.39 is 23.5 Å². The first-order chi connectivity index (χ1) is 10.2. The zero-order valence-corrected chi connectivity index (χ0v) is 14.3. The fourth-order valence-corrected chi connectivity index (χ4v) is 1.94. The van der Waals surface area contributed by atoms with Crippen molar-refractivity contribution in [1.29, 1.82) is 0 Å². The van der Waals surface area contributed by atoms with Crippen LogP contribution in [0, 0.1) is 0 Å². The standard InChI is InChI=1S/C15H18BrN3O3/c1-15(2,3)22-14(21)19-12(13(20)9-18-17)8-10-4-6-11(16)7-5-10/h4-7,9,12H,8H2,1-3H3,(H,19,21)/t12-/m0/s1. The Hall–Kier alpha value is -1.98. The highest BCUT2D eigenvalue weighted by atomic mass is 79.9. The van der Waals surface area contributed by atoms with Gasteiger partial charge in [-0.1, -0.05) is 28.1 Å². The van der Waals surface area contributed by atoms with E-state index in [0.29, 0.717) is 0 Å². The Labute approximate surface area is 137 Å². The van der Waals surface area contributed by atoms with Gasteiger partial charge < -0.3 is 15.6 Å². The van der Waals surface area contributed by atoms with Gasteiger partial charge in [0.15, 0.2) is 0 Å². The molecule has 0 aliphatic heterocycles. The van der Waals surface area contributed by atoms with Crippen LogP contribution in [0.2, 0.25) is 0 Å². The van der Waals surface area contributed by atoms with E-state index in [1.165, 1.54) is 0 Å². The molecule has 1 amide bonds. The monoisotopic (exact) mass is 367 g/mol. The summed E-state index contributed by atoms with van der Waals surface area (Å²) in [6.45, 7) is 5.19. The molecule has 0 fully saturated rings. The van der Waals surface area contributed by atoms with Crippen LogP contribution in [0.3, 0.4) is 0 Å². The van der Waals surface area contributed by atoms with E-state index in [1.54, 1.807) is 20.8 Å². The number of nitrogens with zero attached hydrogens (tertiary/aromatic N) is 2. The van der Waals surface area contributed by atoms with Gasteiger partial charge in [-0.2, -0.15) is 4.79 Å². The van der Waals surface area contributed by atoms with Crippen LogP contribution in [-0.2, 0) is 16.0 Å². The zero-order valence-electron chi connectivity index (χ0n) is 12.7. The number of ether oxygens (including phenoxy) is 1. The molecule has 1 N–H and O–H groups in total. The number of rotatable bonds is 5. The molecular formula is C15H18BrN3O3. The molecule has 1 atom stereocenters. The summed E-state index contributed by atoms with van der Waals surface area (Å²) in [5.41, 5.74) is 8.69. The van der Waals surface area contributed by atoms with Gasteiger partial charge in [0.25, 0.3) is 5.78 Å². The number of hydrogen-bond acceptors (Lipinski definition) is 3. The quantitative estimate of drug-likeness (QED) is 0.492. The fourth-order valence-electron chi connectivity index (χ4n) is 1.68. The molecule has 0 unspecified atom stereocenters. The van der Waals surface area contributed by atoms with Crippen LogP contribution in [-0.4, -0.2) is 34.5 Å². The van der Waals surface area contributed by atoms with Crippen molar-refractivity contribution in [2.75, 3.05) is 0 Å². The van der Waals surface area contributed by atoms with Crippen LogP contribution in [0.15, 0.2) is 28.7 Å². The average Bonchev–Trinajstić information content (AvgIpc) is 2.38. The number of ketones is 1. The van der Waals surface area contributed by atoms with Crippen molar-refractivity contribution < 1.29 is 19.1 Å². The number of carbonyl (C=O) groups excluding carboxylic acids is 2. The van der Waals surface area contributed by atoms with Gasteiger partial charge in [0.05, 0.1) is 0 Å². The summed E-state index contributed by atoms with van der Waals surface area (Å²) in [4.78, 5) is 26.5. The Kier molecular flexibility index (Phi) is 6.46. The first kappa shape index (κ1) is 18.1. The minimum atomic E-state index is -0.869. The van der Waals surface area contributed by atoms with Gasteiger partial charge in [-0.05, 0) is 38.5 Å². The third kappa shape index (κ3) is 6.65. The number of hydrogen-bond donors (Lipinski definition) is 1. The van der Waals surface area contributed by atoms with Gasteiger partial charge in [0.1, 0.15) is 11.6 Å². The molecule has 0 aromatic heterocycles. The highest BCUT2D eigenvalue weighted by Crippen LogP contribution is 2.13. The summed E-state index contributed by atoms with van der Waals surface area (Å²) in [5.74, 6) is -0.517. The molecule has 0 aliphatic carbocycles.